The van der Waals surface area contributed by atoms with Crippen LogP contribution in [0.3, 0.4) is 0 Å². The summed E-state index contributed by atoms with van der Waals surface area (Å²) in [6.45, 7) is 2.90. The van der Waals surface area contributed by atoms with E-state index in [2.05, 4.69) is 9.88 Å². The molecule has 3 heterocycles. The van der Waals surface area contributed by atoms with E-state index in [1.165, 1.54) is 0 Å². The van der Waals surface area contributed by atoms with Gasteiger partial charge in [0.15, 0.2) is 5.60 Å². The molecule has 2 N–H and O–H groups in total. The lowest BCUT2D eigenvalue weighted by molar-refractivity contribution is -0.166. The number of aromatic nitrogens is 1. The first-order valence-electron chi connectivity index (χ1n) is 8.47. The molecular weight excluding hydrogens is 326 g/mol. The molecule has 8 nitrogen and oxygen atoms in total. The SMILES string of the molecule is O=C(C(c1cccnc1)N1CCOCC1)N1CCC(O)(C(=O)O)CC1. The normalized spacial score (nSPS) is 22.4. The van der Waals surface area contributed by atoms with Crippen LogP contribution in [0.1, 0.15) is 24.4 Å². The molecule has 0 aromatic carbocycles. The zero-order chi connectivity index (χ0) is 17.9. The smallest absolute Gasteiger partial charge is 0.335 e. The number of pyridine rings is 1. The molecule has 8 heteroatoms. The van der Waals surface area contributed by atoms with Gasteiger partial charge in [-0.1, -0.05) is 6.07 Å². The number of piperidine rings is 1. The van der Waals surface area contributed by atoms with E-state index in [-0.39, 0.29) is 31.8 Å². The highest BCUT2D eigenvalue weighted by molar-refractivity contribution is 5.84. The summed E-state index contributed by atoms with van der Waals surface area (Å²) < 4.78 is 5.38. The molecule has 0 spiro atoms. The van der Waals surface area contributed by atoms with Gasteiger partial charge < -0.3 is 19.8 Å². The number of nitrogens with zero attached hydrogens (tertiary/aromatic N) is 3. The number of morpholine rings is 1. The second kappa shape index (κ2) is 7.47. The third-order valence-corrected chi connectivity index (χ3v) is 4.95. The van der Waals surface area contributed by atoms with Crippen molar-refractivity contribution < 1.29 is 24.5 Å². The molecule has 3 rings (SSSR count). The molecule has 1 amide bonds. The van der Waals surface area contributed by atoms with Crippen LogP contribution in [0, 0.1) is 0 Å². The monoisotopic (exact) mass is 349 g/mol. The number of amides is 1. The third-order valence-electron chi connectivity index (χ3n) is 4.95. The molecule has 25 heavy (non-hydrogen) atoms. The number of carboxylic acid groups (broad SMARTS) is 1. The van der Waals surface area contributed by atoms with E-state index in [1.54, 1.807) is 23.4 Å². The summed E-state index contributed by atoms with van der Waals surface area (Å²) in [6.07, 6.45) is 3.43. The number of ether oxygens (including phenoxy) is 1. The summed E-state index contributed by atoms with van der Waals surface area (Å²) in [7, 11) is 0. The Hall–Kier alpha value is -2.03. The zero-order valence-electron chi connectivity index (χ0n) is 14.0. The first-order chi connectivity index (χ1) is 12.0. The highest BCUT2D eigenvalue weighted by Gasteiger charge is 2.42. The largest absolute Gasteiger partial charge is 0.479 e. The van der Waals surface area contributed by atoms with Crippen molar-refractivity contribution in [2.75, 3.05) is 39.4 Å². The topological polar surface area (TPSA) is 103 Å². The standard InChI is InChI=1S/C17H23N3O5/c21-15(20-6-3-17(24,4-7-20)16(22)23)14(13-2-1-5-18-12-13)19-8-10-25-11-9-19/h1-2,5,12,14,24H,3-4,6-11H2,(H,22,23). The van der Waals surface area contributed by atoms with E-state index in [0.717, 1.165) is 5.56 Å². The van der Waals surface area contributed by atoms with Crippen molar-refractivity contribution in [3.63, 3.8) is 0 Å². The first kappa shape index (κ1) is 17.8. The fourth-order valence-electron chi connectivity index (χ4n) is 3.37. The number of aliphatic hydroxyl groups is 1. The Morgan fingerprint density at radius 1 is 1.20 bits per heavy atom. The van der Waals surface area contributed by atoms with E-state index in [0.29, 0.717) is 26.3 Å². The number of carbonyl (C=O) groups is 2. The predicted octanol–water partition coefficient (Wildman–Crippen LogP) is -0.107. The van der Waals surface area contributed by atoms with Crippen LogP contribution in [0.25, 0.3) is 0 Å². The summed E-state index contributed by atoms with van der Waals surface area (Å²) in [6, 6.07) is 3.21. The van der Waals surface area contributed by atoms with Gasteiger partial charge in [-0.15, -0.1) is 0 Å². The molecule has 1 unspecified atom stereocenters. The van der Waals surface area contributed by atoms with Gasteiger partial charge in [0.2, 0.25) is 5.91 Å². The molecule has 0 saturated carbocycles. The van der Waals surface area contributed by atoms with Crippen LogP contribution in [0.4, 0.5) is 0 Å². The fourth-order valence-corrected chi connectivity index (χ4v) is 3.37. The maximum absolute atomic E-state index is 13.2. The van der Waals surface area contributed by atoms with E-state index in [9.17, 15) is 14.7 Å². The Labute approximate surface area is 146 Å². The average molecular weight is 349 g/mol. The second-order valence-corrected chi connectivity index (χ2v) is 6.50. The summed E-state index contributed by atoms with van der Waals surface area (Å²) >= 11 is 0. The van der Waals surface area contributed by atoms with Crippen molar-refractivity contribution in [3.8, 4) is 0 Å². The Bertz CT molecular complexity index is 610. The number of hydrogen-bond donors (Lipinski definition) is 2. The lowest BCUT2D eigenvalue weighted by Gasteiger charge is -2.40. The van der Waals surface area contributed by atoms with Crippen LogP contribution in [0.2, 0.25) is 0 Å². The van der Waals surface area contributed by atoms with Gasteiger partial charge in [-0.05, 0) is 11.6 Å². The Kier molecular flexibility index (Phi) is 5.31. The van der Waals surface area contributed by atoms with E-state index in [1.807, 2.05) is 6.07 Å². The number of likely N-dealkylation sites (tertiary alicyclic amines) is 1. The molecule has 0 bridgehead atoms. The minimum Gasteiger partial charge on any atom is -0.479 e. The summed E-state index contributed by atoms with van der Waals surface area (Å²) in [5, 5.41) is 19.2. The van der Waals surface area contributed by atoms with Gasteiger partial charge in [-0.25, -0.2) is 4.79 Å². The van der Waals surface area contributed by atoms with Gasteiger partial charge in [0.1, 0.15) is 6.04 Å². The van der Waals surface area contributed by atoms with Gasteiger partial charge in [0, 0.05) is 51.4 Å². The predicted molar refractivity (Wildman–Crippen MR) is 87.8 cm³/mol. The van der Waals surface area contributed by atoms with Crippen LogP contribution in [0.15, 0.2) is 24.5 Å². The molecule has 1 aromatic rings. The highest BCUT2D eigenvalue weighted by atomic mass is 16.5. The van der Waals surface area contributed by atoms with E-state index < -0.39 is 17.6 Å². The summed E-state index contributed by atoms with van der Waals surface area (Å²) in [5.74, 6) is -1.31. The molecule has 2 fully saturated rings. The minimum atomic E-state index is -1.74. The Balaban J connectivity index is 1.77. The van der Waals surface area contributed by atoms with Crippen molar-refractivity contribution >= 4 is 11.9 Å². The van der Waals surface area contributed by atoms with Gasteiger partial charge in [-0.2, -0.15) is 0 Å². The van der Waals surface area contributed by atoms with Gasteiger partial charge in [0.05, 0.1) is 13.2 Å². The molecule has 2 saturated heterocycles. The number of aliphatic carboxylic acids is 1. The number of rotatable bonds is 4. The average Bonchev–Trinajstić information content (AvgIpc) is 2.64. The van der Waals surface area contributed by atoms with Crippen molar-refractivity contribution in [1.29, 1.82) is 0 Å². The van der Waals surface area contributed by atoms with Crippen LogP contribution in [0.5, 0.6) is 0 Å². The maximum Gasteiger partial charge on any atom is 0.335 e. The molecule has 1 atom stereocenters. The van der Waals surface area contributed by atoms with E-state index >= 15 is 0 Å². The molecule has 2 aliphatic rings. The van der Waals surface area contributed by atoms with Crippen LogP contribution in [-0.4, -0.2) is 81.9 Å². The second-order valence-electron chi connectivity index (χ2n) is 6.50. The molecule has 1 aromatic heterocycles. The van der Waals surface area contributed by atoms with Gasteiger partial charge >= 0.3 is 5.97 Å². The summed E-state index contributed by atoms with van der Waals surface area (Å²) in [4.78, 5) is 32.2. The lowest BCUT2D eigenvalue weighted by Crippen LogP contribution is -2.54. The number of carboxylic acids is 1. The zero-order valence-corrected chi connectivity index (χ0v) is 14.0. The molecule has 136 valence electrons. The number of hydrogen-bond acceptors (Lipinski definition) is 6. The van der Waals surface area contributed by atoms with Crippen molar-refractivity contribution in [3.05, 3.63) is 30.1 Å². The van der Waals surface area contributed by atoms with Crippen LogP contribution < -0.4 is 0 Å². The fraction of sp³-hybridized carbons (Fsp3) is 0.588. The molecular formula is C17H23N3O5. The van der Waals surface area contributed by atoms with Crippen LogP contribution in [-0.2, 0) is 14.3 Å². The third kappa shape index (κ3) is 3.81. The van der Waals surface area contributed by atoms with Gasteiger partial charge in [0.25, 0.3) is 0 Å². The minimum absolute atomic E-state index is 0.0386. The van der Waals surface area contributed by atoms with Crippen LogP contribution >= 0.6 is 0 Å². The van der Waals surface area contributed by atoms with Gasteiger partial charge in [-0.3, -0.25) is 14.7 Å². The highest BCUT2D eigenvalue weighted by Crippen LogP contribution is 2.28. The first-order valence-corrected chi connectivity index (χ1v) is 8.47. The lowest BCUT2D eigenvalue weighted by atomic mass is 9.91. The van der Waals surface area contributed by atoms with Crippen molar-refractivity contribution in [2.24, 2.45) is 0 Å². The molecule has 2 aliphatic heterocycles. The summed E-state index contributed by atoms with van der Waals surface area (Å²) in [5.41, 5.74) is -0.923. The Morgan fingerprint density at radius 2 is 1.88 bits per heavy atom. The Morgan fingerprint density at radius 3 is 2.44 bits per heavy atom. The quantitative estimate of drug-likeness (QED) is 0.782. The molecule has 0 radical (unpaired) electrons. The number of carbonyl (C=O) groups excluding carboxylic acids is 1. The van der Waals surface area contributed by atoms with Crippen molar-refractivity contribution in [1.82, 2.24) is 14.8 Å². The van der Waals surface area contributed by atoms with E-state index in [4.69, 9.17) is 9.84 Å². The van der Waals surface area contributed by atoms with Crippen molar-refractivity contribution in [2.45, 2.75) is 24.5 Å². The maximum atomic E-state index is 13.2. The molecule has 0 aliphatic carbocycles.